The lowest BCUT2D eigenvalue weighted by atomic mass is 9.97. The minimum atomic E-state index is -0.443. The van der Waals surface area contributed by atoms with E-state index in [2.05, 4.69) is 30.6 Å². The maximum absolute atomic E-state index is 14.0. The molecule has 0 aliphatic carbocycles. The van der Waals surface area contributed by atoms with Crippen LogP contribution < -0.4 is 20.4 Å². The molecule has 0 fully saturated rings. The number of alkyl halides is 2. The van der Waals surface area contributed by atoms with Crippen molar-refractivity contribution in [2.24, 2.45) is 7.05 Å². The van der Waals surface area contributed by atoms with E-state index in [9.17, 15) is 29.4 Å². The first-order valence-corrected chi connectivity index (χ1v) is 22.3. The minimum Gasteiger partial charge on any atom is -0.506 e. The van der Waals surface area contributed by atoms with Crippen molar-refractivity contribution >= 4 is 113 Å². The normalized spacial score (nSPS) is 15.7. The van der Waals surface area contributed by atoms with Crippen molar-refractivity contribution in [1.29, 1.82) is 0 Å². The number of phenolic OH excluding ortho intramolecular Hbond substituents is 2. The topological polar surface area (TPSA) is 207 Å². The van der Waals surface area contributed by atoms with E-state index in [-0.39, 0.29) is 46.5 Å². The third-order valence-corrected chi connectivity index (χ3v) is 13.9. The standard InChI is InChI=1S/C49H41Cl2N9O6/c1-22-18-52-44-38(61)14-36-42(40(22)44)26(16-50)20-59(36)48(65)32-12-24-10-28(4-6-30(24)56-32)54-46(63)34-8-9-35(58(34)3)47(64)55-29-5-7-31-25(11-29)13-33(57-31)49(66)60-21-27(17-51)43-37(60)15-39(62)45-41(43)23(2)19-53-45/h4-15,18-19,26-27,52-53,56-57,61-62H,16-17,20-21H2,1-3H3,(H,54,63)(H,55,64)/t26-,27-/m1/s1. The molecule has 8 N–H and O–H groups in total. The quantitative estimate of drug-likeness (QED) is 0.0696. The Morgan fingerprint density at radius 2 is 1.06 bits per heavy atom. The Morgan fingerprint density at radius 1 is 0.636 bits per heavy atom. The number of anilines is 4. The predicted molar refractivity (Wildman–Crippen MR) is 258 cm³/mol. The fourth-order valence-corrected chi connectivity index (χ4v) is 10.5. The van der Waals surface area contributed by atoms with Crippen LogP contribution in [0.4, 0.5) is 22.7 Å². The fraction of sp³-hybridized carbons (Fsp3) is 0.184. The number of aromatic hydroxyl groups is 2. The van der Waals surface area contributed by atoms with E-state index in [1.165, 1.54) is 4.57 Å². The molecule has 332 valence electrons. The Morgan fingerprint density at radius 3 is 1.47 bits per heavy atom. The second kappa shape index (κ2) is 15.2. The average Bonchev–Trinajstić information content (AvgIpc) is 4.18. The van der Waals surface area contributed by atoms with Crippen LogP contribution >= 0.6 is 23.2 Å². The second-order valence-electron chi connectivity index (χ2n) is 17.2. The molecular formula is C49H41Cl2N9O6. The Bertz CT molecular complexity index is 3330. The van der Waals surface area contributed by atoms with Gasteiger partial charge >= 0.3 is 0 Å². The lowest BCUT2D eigenvalue weighted by molar-refractivity contribution is 0.0977. The fourth-order valence-electron chi connectivity index (χ4n) is 9.99. The van der Waals surface area contributed by atoms with Gasteiger partial charge in [0.05, 0.1) is 22.4 Å². The molecule has 0 spiro atoms. The molecular weight excluding hydrogens is 882 g/mol. The van der Waals surface area contributed by atoms with Gasteiger partial charge in [-0.25, -0.2) is 0 Å². The number of nitrogens with zero attached hydrogens (tertiary/aromatic N) is 3. The summed E-state index contributed by atoms with van der Waals surface area (Å²) in [5, 5.41) is 30.6. The highest BCUT2D eigenvalue weighted by atomic mass is 35.5. The van der Waals surface area contributed by atoms with Gasteiger partial charge in [0, 0.05) is 112 Å². The zero-order valence-corrected chi connectivity index (χ0v) is 37.2. The molecule has 2 atom stereocenters. The molecule has 0 unspecified atom stereocenters. The molecule has 0 bridgehead atoms. The summed E-state index contributed by atoms with van der Waals surface area (Å²) in [6.45, 7) is 4.62. The van der Waals surface area contributed by atoms with E-state index in [0.717, 1.165) is 33.0 Å². The van der Waals surface area contributed by atoms with Gasteiger partial charge in [0.15, 0.2) is 0 Å². The molecule has 7 heterocycles. The Balaban J connectivity index is 0.777. The van der Waals surface area contributed by atoms with Crippen LogP contribution in [-0.4, -0.2) is 83.2 Å². The molecule has 9 aromatic rings. The zero-order valence-electron chi connectivity index (χ0n) is 35.7. The Kier molecular flexibility index (Phi) is 9.50. The van der Waals surface area contributed by atoms with Crippen LogP contribution in [0, 0.1) is 13.8 Å². The maximum atomic E-state index is 14.0. The van der Waals surface area contributed by atoms with Crippen LogP contribution in [0.2, 0.25) is 0 Å². The summed E-state index contributed by atoms with van der Waals surface area (Å²) in [5.74, 6) is -0.965. The van der Waals surface area contributed by atoms with Crippen molar-refractivity contribution in [3.8, 4) is 11.5 Å². The van der Waals surface area contributed by atoms with Gasteiger partial charge in [0.1, 0.15) is 34.3 Å². The Hall–Kier alpha value is -7.62. The molecule has 4 aromatic carbocycles. The summed E-state index contributed by atoms with van der Waals surface area (Å²) in [6, 6.07) is 20.3. The number of fused-ring (bicyclic) bond motifs is 8. The number of carbonyl (C=O) groups excluding carboxylic acids is 4. The number of H-pyrrole nitrogens is 4. The summed E-state index contributed by atoms with van der Waals surface area (Å²) in [6.07, 6.45) is 3.67. The number of nitrogens with one attached hydrogen (secondary N) is 6. The number of benzene rings is 4. The van der Waals surface area contributed by atoms with Crippen LogP contribution in [0.25, 0.3) is 43.6 Å². The van der Waals surface area contributed by atoms with Crippen LogP contribution in [-0.2, 0) is 7.05 Å². The van der Waals surface area contributed by atoms with Gasteiger partial charge in [-0.1, -0.05) is 0 Å². The van der Waals surface area contributed by atoms with Gasteiger partial charge in [0.2, 0.25) is 0 Å². The van der Waals surface area contributed by atoms with Crippen LogP contribution in [0.3, 0.4) is 0 Å². The molecule has 11 rings (SSSR count). The molecule has 2 aliphatic rings. The van der Waals surface area contributed by atoms with E-state index >= 15 is 0 Å². The van der Waals surface area contributed by atoms with Gasteiger partial charge in [-0.3, -0.25) is 19.2 Å². The molecule has 15 nitrogen and oxygen atoms in total. The molecule has 0 saturated carbocycles. The van der Waals surface area contributed by atoms with Gasteiger partial charge < -0.3 is 55.1 Å². The highest BCUT2D eigenvalue weighted by Gasteiger charge is 2.38. The highest BCUT2D eigenvalue weighted by Crippen LogP contribution is 2.48. The number of hydrogen-bond acceptors (Lipinski definition) is 6. The molecule has 2 aliphatic heterocycles. The van der Waals surface area contributed by atoms with E-state index in [0.29, 0.717) is 91.8 Å². The summed E-state index contributed by atoms with van der Waals surface area (Å²) >= 11 is 12.8. The largest absolute Gasteiger partial charge is 0.506 e. The lowest BCUT2D eigenvalue weighted by Crippen LogP contribution is -2.30. The summed E-state index contributed by atoms with van der Waals surface area (Å²) in [5.41, 5.74) is 9.76. The van der Waals surface area contributed by atoms with Crippen LogP contribution in [0.15, 0.2) is 85.2 Å². The van der Waals surface area contributed by atoms with Crippen molar-refractivity contribution in [1.82, 2.24) is 24.5 Å². The second-order valence-corrected chi connectivity index (χ2v) is 17.8. The molecule has 0 saturated heterocycles. The monoisotopic (exact) mass is 921 g/mol. The van der Waals surface area contributed by atoms with E-state index < -0.39 is 11.8 Å². The van der Waals surface area contributed by atoms with Gasteiger partial charge in [-0.15, -0.1) is 23.2 Å². The van der Waals surface area contributed by atoms with Crippen molar-refractivity contribution in [3.63, 3.8) is 0 Å². The maximum Gasteiger partial charge on any atom is 0.274 e. The number of hydrogen-bond donors (Lipinski definition) is 8. The third-order valence-electron chi connectivity index (χ3n) is 13.2. The summed E-state index contributed by atoms with van der Waals surface area (Å²) < 4.78 is 1.51. The summed E-state index contributed by atoms with van der Waals surface area (Å²) in [7, 11) is 1.63. The summed E-state index contributed by atoms with van der Waals surface area (Å²) in [4.78, 5) is 71.2. The number of amides is 4. The van der Waals surface area contributed by atoms with Crippen molar-refractivity contribution in [2.75, 3.05) is 45.3 Å². The van der Waals surface area contributed by atoms with Crippen LogP contribution in [0.1, 0.15) is 76.0 Å². The molecule has 0 radical (unpaired) electrons. The van der Waals surface area contributed by atoms with Gasteiger partial charge in [0.25, 0.3) is 23.6 Å². The zero-order chi connectivity index (χ0) is 45.9. The van der Waals surface area contributed by atoms with E-state index in [1.807, 2.05) is 26.2 Å². The minimum absolute atomic E-state index is 0.0526. The third kappa shape index (κ3) is 6.32. The lowest BCUT2D eigenvalue weighted by Gasteiger charge is -2.17. The smallest absolute Gasteiger partial charge is 0.274 e. The SMILES string of the molecule is Cc1c[nH]c2c(O)cc3c(c12)[C@H](CCl)CN3C(=O)c1cc2cc(NC(=O)c3ccc(C(=O)Nc4ccc5[nH]c(C(=O)N6C[C@@H](CCl)c7c6cc(O)c6[nH]cc(C)c76)cc5c4)n3C)ccc2[nH]1. The van der Waals surface area contributed by atoms with Crippen molar-refractivity contribution in [3.05, 3.63) is 130 Å². The Labute approximate surface area is 385 Å². The first-order chi connectivity index (χ1) is 31.8. The predicted octanol–water partition coefficient (Wildman–Crippen LogP) is 9.45. The number of rotatable bonds is 8. The van der Waals surface area contributed by atoms with E-state index in [4.69, 9.17) is 23.2 Å². The number of aromatic nitrogens is 5. The van der Waals surface area contributed by atoms with Crippen molar-refractivity contribution in [2.45, 2.75) is 25.7 Å². The van der Waals surface area contributed by atoms with Gasteiger partial charge in [-0.2, -0.15) is 0 Å². The molecule has 17 heteroatoms. The molecule has 66 heavy (non-hydrogen) atoms. The van der Waals surface area contributed by atoms with Gasteiger partial charge in [-0.05, 0) is 96.8 Å². The molecule has 4 amide bonds. The number of aromatic amines is 4. The van der Waals surface area contributed by atoms with Crippen LogP contribution in [0.5, 0.6) is 11.5 Å². The average molecular weight is 923 g/mol. The first-order valence-electron chi connectivity index (χ1n) is 21.3. The number of halogens is 2. The number of aryl methyl sites for hydroxylation is 2. The van der Waals surface area contributed by atoms with Crippen molar-refractivity contribution < 1.29 is 29.4 Å². The first kappa shape index (κ1) is 41.1. The number of carbonyl (C=O) groups is 4. The van der Waals surface area contributed by atoms with E-state index in [1.54, 1.807) is 89.6 Å². The highest BCUT2D eigenvalue weighted by molar-refractivity contribution is 6.20. The molecule has 5 aromatic heterocycles. The number of phenols is 2.